The largest absolute Gasteiger partial charge is 0.337 e. The van der Waals surface area contributed by atoms with E-state index < -0.39 is 0 Å². The molecule has 0 spiro atoms. The average Bonchev–Trinajstić information content (AvgIpc) is 3.16. The second-order valence-corrected chi connectivity index (χ2v) is 9.22. The minimum absolute atomic E-state index is 0.109. The third-order valence-electron chi connectivity index (χ3n) is 4.49. The van der Waals surface area contributed by atoms with Crippen LogP contribution in [-0.2, 0) is 13.0 Å². The van der Waals surface area contributed by atoms with Crippen LogP contribution in [0.15, 0.2) is 72.1 Å². The van der Waals surface area contributed by atoms with E-state index in [1.54, 1.807) is 0 Å². The minimum atomic E-state index is 0.109. The number of imidazole rings is 1. The summed E-state index contributed by atoms with van der Waals surface area (Å²) in [7, 11) is 0. The van der Waals surface area contributed by atoms with E-state index in [2.05, 4.69) is 40.7 Å². The molecule has 2 aromatic carbocycles. The lowest BCUT2D eigenvalue weighted by Gasteiger charge is -2.29. The maximum absolute atomic E-state index is 6.04. The number of aryl methyl sites for hydroxylation is 2. The lowest BCUT2D eigenvalue weighted by Crippen LogP contribution is -2.23. The van der Waals surface area contributed by atoms with Gasteiger partial charge in [0.05, 0.1) is 6.33 Å². The van der Waals surface area contributed by atoms with E-state index in [0.717, 1.165) is 35.9 Å². The Morgan fingerprint density at radius 2 is 1.62 bits per heavy atom. The van der Waals surface area contributed by atoms with Gasteiger partial charge in [-0.25, -0.2) is 4.98 Å². The van der Waals surface area contributed by atoms with Gasteiger partial charge in [-0.2, -0.15) is 0 Å². The highest BCUT2D eigenvalue weighted by molar-refractivity contribution is 8.00. The Bertz CT molecular complexity index is 801. The second-order valence-electron chi connectivity index (χ2n) is 6.68. The van der Waals surface area contributed by atoms with Crippen molar-refractivity contribution in [2.24, 2.45) is 0 Å². The van der Waals surface area contributed by atoms with Crippen LogP contribution in [0.2, 0.25) is 10.0 Å². The standard InChI is InChI=1S/C21H22Cl2N2S/c1-21(12-14-25-15-13-24-16-25,26-20-8-6-19(23)7-9-20)11-10-17-2-4-18(22)5-3-17/h2-9,13,15-16H,10-12,14H2,1H3. The first-order valence-corrected chi connectivity index (χ1v) is 10.2. The predicted octanol–water partition coefficient (Wildman–Crippen LogP) is 6.76. The Balaban J connectivity index is 1.70. The number of rotatable bonds is 8. The minimum Gasteiger partial charge on any atom is -0.337 e. The zero-order valence-corrected chi connectivity index (χ0v) is 17.1. The molecule has 1 heterocycles. The van der Waals surface area contributed by atoms with Crippen LogP contribution in [0.5, 0.6) is 0 Å². The maximum atomic E-state index is 6.04. The van der Waals surface area contributed by atoms with E-state index in [0.29, 0.717) is 0 Å². The number of aromatic nitrogens is 2. The molecular weight excluding hydrogens is 383 g/mol. The number of hydrogen-bond donors (Lipinski definition) is 0. The fourth-order valence-corrected chi connectivity index (χ4v) is 4.35. The molecule has 26 heavy (non-hydrogen) atoms. The fourth-order valence-electron chi connectivity index (χ4n) is 2.86. The molecule has 1 aromatic heterocycles. The lowest BCUT2D eigenvalue weighted by molar-refractivity contribution is 0.492. The van der Waals surface area contributed by atoms with Gasteiger partial charge in [-0.1, -0.05) is 42.3 Å². The van der Waals surface area contributed by atoms with Gasteiger partial charge < -0.3 is 4.57 Å². The highest BCUT2D eigenvalue weighted by Gasteiger charge is 2.25. The Labute approximate surface area is 169 Å². The summed E-state index contributed by atoms with van der Waals surface area (Å²) in [5, 5.41) is 1.56. The Morgan fingerprint density at radius 3 is 2.23 bits per heavy atom. The van der Waals surface area contributed by atoms with Crippen molar-refractivity contribution in [2.45, 2.75) is 42.4 Å². The third-order valence-corrected chi connectivity index (χ3v) is 6.40. The monoisotopic (exact) mass is 404 g/mol. The van der Waals surface area contributed by atoms with Crippen LogP contribution in [0.25, 0.3) is 0 Å². The molecule has 0 saturated carbocycles. The fraction of sp³-hybridized carbons (Fsp3) is 0.286. The third kappa shape index (κ3) is 5.80. The molecule has 2 nitrogen and oxygen atoms in total. The molecule has 5 heteroatoms. The molecule has 3 aromatic rings. The Kier molecular flexibility index (Phi) is 6.68. The molecule has 0 saturated heterocycles. The second kappa shape index (κ2) is 8.98. The summed E-state index contributed by atoms with van der Waals surface area (Å²) in [4.78, 5) is 5.40. The SMILES string of the molecule is CC(CCc1ccc(Cl)cc1)(CCn1ccnc1)Sc1ccc(Cl)cc1. The van der Waals surface area contributed by atoms with Crippen LogP contribution in [0.1, 0.15) is 25.3 Å². The molecule has 1 unspecified atom stereocenters. The van der Waals surface area contributed by atoms with Crippen LogP contribution in [0.3, 0.4) is 0 Å². The summed E-state index contributed by atoms with van der Waals surface area (Å²) >= 11 is 14.0. The van der Waals surface area contributed by atoms with Crippen LogP contribution in [0.4, 0.5) is 0 Å². The Hall–Kier alpha value is -1.42. The number of halogens is 2. The van der Waals surface area contributed by atoms with Gasteiger partial charge >= 0.3 is 0 Å². The molecule has 0 aliphatic heterocycles. The molecule has 0 N–H and O–H groups in total. The van der Waals surface area contributed by atoms with Crippen molar-refractivity contribution < 1.29 is 0 Å². The van der Waals surface area contributed by atoms with E-state index in [1.165, 1.54) is 10.5 Å². The van der Waals surface area contributed by atoms with Crippen LogP contribution in [0, 0.1) is 0 Å². The van der Waals surface area contributed by atoms with Gasteiger partial charge in [0.15, 0.2) is 0 Å². The van der Waals surface area contributed by atoms with Crippen molar-refractivity contribution in [3.8, 4) is 0 Å². The van der Waals surface area contributed by atoms with E-state index in [-0.39, 0.29) is 4.75 Å². The van der Waals surface area contributed by atoms with Crippen LogP contribution >= 0.6 is 35.0 Å². The van der Waals surface area contributed by atoms with Gasteiger partial charge in [0, 0.05) is 38.6 Å². The topological polar surface area (TPSA) is 17.8 Å². The van der Waals surface area contributed by atoms with E-state index >= 15 is 0 Å². The van der Waals surface area contributed by atoms with E-state index in [9.17, 15) is 0 Å². The summed E-state index contributed by atoms with van der Waals surface area (Å²) in [5.41, 5.74) is 1.32. The van der Waals surface area contributed by atoms with Gasteiger partial charge in [-0.05, 0) is 61.2 Å². The summed E-state index contributed by atoms with van der Waals surface area (Å²) < 4.78 is 2.25. The lowest BCUT2D eigenvalue weighted by atomic mass is 9.97. The molecule has 0 amide bonds. The molecule has 0 radical (unpaired) electrons. The number of hydrogen-bond acceptors (Lipinski definition) is 2. The summed E-state index contributed by atoms with van der Waals surface area (Å²) in [6.45, 7) is 3.30. The normalized spacial score (nSPS) is 13.5. The van der Waals surface area contributed by atoms with E-state index in [4.69, 9.17) is 23.2 Å². The summed E-state index contributed by atoms with van der Waals surface area (Å²) in [6, 6.07) is 16.3. The first kappa shape index (κ1) is 19.3. The quantitative estimate of drug-likeness (QED) is 0.385. The smallest absolute Gasteiger partial charge is 0.0945 e. The van der Waals surface area contributed by atoms with Crippen molar-refractivity contribution in [1.29, 1.82) is 0 Å². The van der Waals surface area contributed by atoms with E-state index in [1.807, 2.05) is 54.7 Å². The van der Waals surface area contributed by atoms with Gasteiger partial charge in [0.25, 0.3) is 0 Å². The van der Waals surface area contributed by atoms with Gasteiger partial charge in [0.1, 0.15) is 0 Å². The molecule has 0 aliphatic rings. The molecule has 0 fully saturated rings. The van der Waals surface area contributed by atoms with Crippen LogP contribution < -0.4 is 0 Å². The summed E-state index contributed by atoms with van der Waals surface area (Å²) in [6.07, 6.45) is 8.90. The van der Waals surface area contributed by atoms with Crippen molar-refractivity contribution in [2.75, 3.05) is 0 Å². The predicted molar refractivity (Wildman–Crippen MR) is 112 cm³/mol. The highest BCUT2D eigenvalue weighted by atomic mass is 35.5. The highest BCUT2D eigenvalue weighted by Crippen LogP contribution is 2.40. The number of thioether (sulfide) groups is 1. The molecule has 136 valence electrons. The first-order chi connectivity index (χ1) is 12.5. The van der Waals surface area contributed by atoms with Gasteiger partial charge in [-0.3, -0.25) is 0 Å². The molecular formula is C21H22Cl2N2S. The van der Waals surface area contributed by atoms with Crippen molar-refractivity contribution >= 4 is 35.0 Å². The first-order valence-electron chi connectivity index (χ1n) is 8.67. The van der Waals surface area contributed by atoms with Crippen molar-refractivity contribution in [3.05, 3.63) is 82.9 Å². The average molecular weight is 405 g/mol. The van der Waals surface area contributed by atoms with Crippen molar-refractivity contribution in [3.63, 3.8) is 0 Å². The van der Waals surface area contributed by atoms with Crippen LogP contribution in [-0.4, -0.2) is 14.3 Å². The zero-order chi connectivity index (χ0) is 18.4. The molecule has 3 rings (SSSR count). The summed E-state index contributed by atoms with van der Waals surface area (Å²) in [5.74, 6) is 0. The number of nitrogens with zero attached hydrogens (tertiary/aromatic N) is 2. The van der Waals surface area contributed by atoms with Gasteiger partial charge in [0.2, 0.25) is 0 Å². The Morgan fingerprint density at radius 1 is 0.962 bits per heavy atom. The molecule has 0 bridgehead atoms. The maximum Gasteiger partial charge on any atom is 0.0945 e. The van der Waals surface area contributed by atoms with Crippen molar-refractivity contribution in [1.82, 2.24) is 9.55 Å². The molecule has 0 aliphatic carbocycles. The van der Waals surface area contributed by atoms with Gasteiger partial charge in [-0.15, -0.1) is 11.8 Å². The zero-order valence-electron chi connectivity index (χ0n) is 14.7. The molecule has 1 atom stereocenters. The number of benzene rings is 2.